The summed E-state index contributed by atoms with van der Waals surface area (Å²) in [6.07, 6.45) is 4.85. The molecule has 0 aromatic carbocycles. The maximum Gasteiger partial charge on any atom is 0.0616 e. The van der Waals surface area contributed by atoms with Crippen LogP contribution in [0.5, 0.6) is 0 Å². The lowest BCUT2D eigenvalue weighted by Crippen LogP contribution is -2.52. The van der Waals surface area contributed by atoms with Crippen molar-refractivity contribution in [3.8, 4) is 0 Å². The van der Waals surface area contributed by atoms with E-state index in [-0.39, 0.29) is 12.1 Å². The molecule has 0 heterocycles. The largest absolute Gasteiger partial charge is 0.394 e. The minimum absolute atomic E-state index is 0.00652. The number of rotatable bonds is 7. The van der Waals surface area contributed by atoms with E-state index < -0.39 is 0 Å². The molecule has 0 bridgehead atoms. The Hall–Kier alpha value is -0.120. The first kappa shape index (κ1) is 14.9. The van der Waals surface area contributed by atoms with Gasteiger partial charge >= 0.3 is 0 Å². The number of nitrogens with one attached hydrogen (secondary N) is 1. The molecule has 0 aromatic rings. The highest BCUT2D eigenvalue weighted by Crippen LogP contribution is 2.37. The fourth-order valence-electron chi connectivity index (χ4n) is 3.03. The first-order valence-electron chi connectivity index (χ1n) is 7.12. The monoisotopic (exact) mass is 242 g/mol. The number of likely N-dealkylation sites (N-methyl/N-ethyl adjacent to an activating group) is 1. The van der Waals surface area contributed by atoms with E-state index in [1.54, 1.807) is 0 Å². The first-order valence-corrected chi connectivity index (χ1v) is 7.12. The van der Waals surface area contributed by atoms with Gasteiger partial charge in [0, 0.05) is 11.6 Å². The van der Waals surface area contributed by atoms with Gasteiger partial charge in [-0.2, -0.15) is 0 Å². The number of nitrogens with zero attached hydrogens (tertiary/aromatic N) is 1. The minimum Gasteiger partial charge on any atom is -0.394 e. The number of hydrogen-bond donors (Lipinski definition) is 2. The van der Waals surface area contributed by atoms with E-state index in [0.717, 1.165) is 19.5 Å². The standard InChI is InChI=1S/C14H30N2O/c1-5-15-14(11-17)9-6-7-13(14)8-10-16(4)12(2)3/h12-13,15,17H,5-11H2,1-4H3. The highest BCUT2D eigenvalue weighted by molar-refractivity contribution is 4.98. The summed E-state index contributed by atoms with van der Waals surface area (Å²) in [6, 6.07) is 0.610. The summed E-state index contributed by atoms with van der Waals surface area (Å²) in [4.78, 5) is 2.40. The molecule has 1 aliphatic rings. The van der Waals surface area contributed by atoms with Crippen molar-refractivity contribution in [2.75, 3.05) is 26.7 Å². The summed E-state index contributed by atoms with van der Waals surface area (Å²) in [6.45, 7) is 8.98. The molecule has 0 aromatic heterocycles. The van der Waals surface area contributed by atoms with Crippen molar-refractivity contribution >= 4 is 0 Å². The second-order valence-corrected chi connectivity index (χ2v) is 5.80. The second-order valence-electron chi connectivity index (χ2n) is 5.80. The molecule has 3 heteroatoms. The van der Waals surface area contributed by atoms with Crippen molar-refractivity contribution in [2.24, 2.45) is 5.92 Å². The Morgan fingerprint density at radius 1 is 1.47 bits per heavy atom. The molecule has 17 heavy (non-hydrogen) atoms. The van der Waals surface area contributed by atoms with Gasteiger partial charge in [-0.05, 0) is 59.2 Å². The number of aliphatic hydroxyl groups excluding tert-OH is 1. The van der Waals surface area contributed by atoms with E-state index in [4.69, 9.17) is 0 Å². The molecular weight excluding hydrogens is 212 g/mol. The molecular formula is C14H30N2O. The zero-order valence-corrected chi connectivity index (χ0v) is 12.0. The Bertz CT molecular complexity index is 220. The number of hydrogen-bond acceptors (Lipinski definition) is 3. The minimum atomic E-state index is 0.00652. The third-order valence-corrected chi connectivity index (χ3v) is 4.48. The predicted octanol–water partition coefficient (Wildman–Crippen LogP) is 1.86. The summed E-state index contributed by atoms with van der Waals surface area (Å²) < 4.78 is 0. The molecule has 2 N–H and O–H groups in total. The maximum atomic E-state index is 9.72. The topological polar surface area (TPSA) is 35.5 Å². The summed E-state index contributed by atoms with van der Waals surface area (Å²) in [7, 11) is 2.19. The summed E-state index contributed by atoms with van der Waals surface area (Å²) in [5.41, 5.74) is 0.00652. The summed E-state index contributed by atoms with van der Waals surface area (Å²) in [5, 5.41) is 13.3. The molecule has 1 rings (SSSR count). The van der Waals surface area contributed by atoms with Crippen molar-refractivity contribution in [3.63, 3.8) is 0 Å². The van der Waals surface area contributed by atoms with Crippen LogP contribution in [-0.4, -0.2) is 48.3 Å². The van der Waals surface area contributed by atoms with Crippen LogP contribution in [0.4, 0.5) is 0 Å². The van der Waals surface area contributed by atoms with Gasteiger partial charge in [0.25, 0.3) is 0 Å². The average molecular weight is 242 g/mol. The second kappa shape index (κ2) is 6.72. The van der Waals surface area contributed by atoms with Crippen LogP contribution in [0.1, 0.15) is 46.5 Å². The summed E-state index contributed by atoms with van der Waals surface area (Å²) >= 11 is 0. The molecule has 0 aliphatic heterocycles. The van der Waals surface area contributed by atoms with Gasteiger partial charge in [0.15, 0.2) is 0 Å². The van der Waals surface area contributed by atoms with E-state index in [9.17, 15) is 5.11 Å². The Kier molecular flexibility index (Phi) is 5.90. The van der Waals surface area contributed by atoms with Crippen LogP contribution in [0.2, 0.25) is 0 Å². The first-order chi connectivity index (χ1) is 8.05. The van der Waals surface area contributed by atoms with Gasteiger partial charge in [-0.25, -0.2) is 0 Å². The highest BCUT2D eigenvalue weighted by Gasteiger charge is 2.41. The summed E-state index contributed by atoms with van der Waals surface area (Å²) in [5.74, 6) is 0.633. The van der Waals surface area contributed by atoms with E-state index in [2.05, 4.69) is 38.0 Å². The lowest BCUT2D eigenvalue weighted by Gasteiger charge is -2.36. The van der Waals surface area contributed by atoms with Crippen molar-refractivity contribution in [3.05, 3.63) is 0 Å². The van der Waals surface area contributed by atoms with E-state index in [1.165, 1.54) is 19.3 Å². The lowest BCUT2D eigenvalue weighted by atomic mass is 9.85. The smallest absolute Gasteiger partial charge is 0.0616 e. The van der Waals surface area contributed by atoms with Crippen molar-refractivity contribution in [2.45, 2.75) is 58.0 Å². The third kappa shape index (κ3) is 3.67. The zero-order valence-electron chi connectivity index (χ0n) is 12.0. The molecule has 102 valence electrons. The molecule has 1 aliphatic carbocycles. The molecule has 0 saturated heterocycles. The van der Waals surface area contributed by atoms with Crippen molar-refractivity contribution < 1.29 is 5.11 Å². The third-order valence-electron chi connectivity index (χ3n) is 4.48. The Morgan fingerprint density at radius 3 is 2.71 bits per heavy atom. The van der Waals surface area contributed by atoms with Crippen LogP contribution in [0.25, 0.3) is 0 Å². The lowest BCUT2D eigenvalue weighted by molar-refractivity contribution is 0.112. The van der Waals surface area contributed by atoms with Gasteiger partial charge < -0.3 is 15.3 Å². The highest BCUT2D eigenvalue weighted by atomic mass is 16.3. The fourth-order valence-corrected chi connectivity index (χ4v) is 3.03. The Morgan fingerprint density at radius 2 is 2.18 bits per heavy atom. The van der Waals surface area contributed by atoms with E-state index in [0.29, 0.717) is 12.0 Å². The van der Waals surface area contributed by atoms with Crippen molar-refractivity contribution in [1.82, 2.24) is 10.2 Å². The quantitative estimate of drug-likeness (QED) is 0.715. The van der Waals surface area contributed by atoms with Gasteiger partial charge in [0.1, 0.15) is 0 Å². The van der Waals surface area contributed by atoms with Gasteiger partial charge in [0.05, 0.1) is 6.61 Å². The Balaban J connectivity index is 2.50. The molecule has 0 amide bonds. The van der Waals surface area contributed by atoms with E-state index in [1.807, 2.05) is 0 Å². The van der Waals surface area contributed by atoms with E-state index >= 15 is 0 Å². The maximum absolute atomic E-state index is 9.72. The molecule has 0 spiro atoms. The van der Waals surface area contributed by atoms with Crippen LogP contribution < -0.4 is 5.32 Å². The van der Waals surface area contributed by atoms with Crippen LogP contribution >= 0.6 is 0 Å². The SMILES string of the molecule is CCNC1(CO)CCCC1CCN(C)C(C)C. The zero-order chi connectivity index (χ0) is 12.9. The molecule has 2 atom stereocenters. The van der Waals surface area contributed by atoms with Crippen LogP contribution in [0, 0.1) is 5.92 Å². The molecule has 0 radical (unpaired) electrons. The van der Waals surface area contributed by atoms with Crippen molar-refractivity contribution in [1.29, 1.82) is 0 Å². The molecule has 3 nitrogen and oxygen atoms in total. The van der Waals surface area contributed by atoms with Gasteiger partial charge in [-0.15, -0.1) is 0 Å². The van der Waals surface area contributed by atoms with Gasteiger partial charge in [-0.3, -0.25) is 0 Å². The fraction of sp³-hybridized carbons (Fsp3) is 1.00. The molecule has 1 fully saturated rings. The number of aliphatic hydroxyl groups is 1. The Labute approximate surface area is 107 Å². The van der Waals surface area contributed by atoms with Crippen LogP contribution in [-0.2, 0) is 0 Å². The normalized spacial score (nSPS) is 29.5. The molecule has 2 unspecified atom stereocenters. The van der Waals surface area contributed by atoms with Crippen LogP contribution in [0.3, 0.4) is 0 Å². The predicted molar refractivity (Wildman–Crippen MR) is 73.2 cm³/mol. The van der Waals surface area contributed by atoms with Gasteiger partial charge in [0.2, 0.25) is 0 Å². The molecule has 1 saturated carbocycles. The van der Waals surface area contributed by atoms with Gasteiger partial charge in [-0.1, -0.05) is 13.3 Å². The average Bonchev–Trinajstić information content (AvgIpc) is 2.70. The van der Waals surface area contributed by atoms with Crippen LogP contribution in [0.15, 0.2) is 0 Å².